The van der Waals surface area contributed by atoms with E-state index in [-0.39, 0.29) is 12.2 Å². The number of rotatable bonds is 0. The Hall–Kier alpha value is -1.23. The van der Waals surface area contributed by atoms with Gasteiger partial charge in [-0.1, -0.05) is 17.7 Å². The molecule has 0 bridgehead atoms. The van der Waals surface area contributed by atoms with Gasteiger partial charge in [-0.2, -0.15) is 13.2 Å². The number of amides is 1. The summed E-state index contributed by atoms with van der Waals surface area (Å²) in [6, 6.07) is 4.60. The number of benzene rings is 1. The summed E-state index contributed by atoms with van der Waals surface area (Å²) in [5.74, 6) is -1.84. The van der Waals surface area contributed by atoms with E-state index in [9.17, 15) is 18.0 Å². The monoisotopic (exact) mass is 249 g/mol. The Bertz CT molecular complexity index is 444. The lowest BCUT2D eigenvalue weighted by molar-refractivity contribution is -0.170. The smallest absolute Gasteiger partial charge is 0.304 e. The first-order valence-electron chi connectivity index (χ1n) is 4.57. The van der Waals surface area contributed by atoms with E-state index in [0.717, 1.165) is 4.90 Å². The lowest BCUT2D eigenvalue weighted by atomic mass is 10.2. The van der Waals surface area contributed by atoms with E-state index in [2.05, 4.69) is 0 Å². The molecule has 1 aliphatic heterocycles. The number of carbonyl (C=O) groups is 1. The lowest BCUT2D eigenvalue weighted by Gasteiger charge is -2.18. The second-order valence-corrected chi connectivity index (χ2v) is 3.85. The van der Waals surface area contributed by atoms with Gasteiger partial charge in [0.15, 0.2) is 0 Å². The van der Waals surface area contributed by atoms with E-state index < -0.39 is 12.1 Å². The maximum absolute atomic E-state index is 12.3. The van der Waals surface area contributed by atoms with Crippen LogP contribution in [0.4, 0.5) is 18.9 Å². The average Bonchev–Trinajstić information content (AvgIpc) is 2.60. The molecule has 0 saturated carbocycles. The lowest BCUT2D eigenvalue weighted by Crippen LogP contribution is -2.40. The average molecular weight is 250 g/mol. The van der Waals surface area contributed by atoms with Gasteiger partial charge in [0.2, 0.25) is 0 Å². The first-order chi connectivity index (χ1) is 7.41. The number of nitrogens with zero attached hydrogens (tertiary/aromatic N) is 1. The largest absolute Gasteiger partial charge is 0.471 e. The molecule has 0 N–H and O–H groups in total. The fraction of sp³-hybridized carbons (Fsp3) is 0.300. The van der Waals surface area contributed by atoms with Crippen molar-refractivity contribution in [3.8, 4) is 0 Å². The van der Waals surface area contributed by atoms with E-state index >= 15 is 0 Å². The van der Waals surface area contributed by atoms with Crippen molar-refractivity contribution in [3.63, 3.8) is 0 Å². The van der Waals surface area contributed by atoms with Gasteiger partial charge in [-0.25, -0.2) is 0 Å². The second-order valence-electron chi connectivity index (χ2n) is 3.44. The van der Waals surface area contributed by atoms with Crippen molar-refractivity contribution >= 4 is 23.2 Å². The van der Waals surface area contributed by atoms with Crippen LogP contribution in [0.5, 0.6) is 0 Å². The molecule has 0 unspecified atom stereocenters. The van der Waals surface area contributed by atoms with E-state index in [0.29, 0.717) is 17.0 Å². The summed E-state index contributed by atoms with van der Waals surface area (Å²) in [6.45, 7) is 0.0252. The molecule has 16 heavy (non-hydrogen) atoms. The summed E-state index contributed by atoms with van der Waals surface area (Å²) < 4.78 is 36.8. The fourth-order valence-electron chi connectivity index (χ4n) is 1.76. The van der Waals surface area contributed by atoms with Crippen LogP contribution in [-0.4, -0.2) is 18.6 Å². The van der Waals surface area contributed by atoms with Gasteiger partial charge in [-0.15, -0.1) is 0 Å². The Balaban J connectivity index is 2.38. The third-order valence-electron chi connectivity index (χ3n) is 2.46. The highest BCUT2D eigenvalue weighted by Crippen LogP contribution is 2.35. The highest BCUT2D eigenvalue weighted by atomic mass is 35.5. The number of hydrogen-bond acceptors (Lipinski definition) is 1. The highest BCUT2D eigenvalue weighted by molar-refractivity contribution is 6.32. The molecule has 2 nitrogen and oxygen atoms in total. The van der Waals surface area contributed by atoms with Gasteiger partial charge in [0.1, 0.15) is 0 Å². The summed E-state index contributed by atoms with van der Waals surface area (Å²) in [7, 11) is 0. The standard InChI is InChI=1S/C10H7ClF3NO/c11-7-2-1-3-8-6(7)4-5-15(8)9(16)10(12,13)14/h1-3H,4-5H2. The van der Waals surface area contributed by atoms with Crippen molar-refractivity contribution in [1.82, 2.24) is 0 Å². The Morgan fingerprint density at radius 3 is 2.69 bits per heavy atom. The second kappa shape index (κ2) is 3.66. The molecular weight excluding hydrogens is 243 g/mol. The van der Waals surface area contributed by atoms with Crippen LogP contribution >= 0.6 is 11.6 Å². The summed E-state index contributed by atoms with van der Waals surface area (Å²) in [6.07, 6.45) is -4.49. The Morgan fingerprint density at radius 1 is 1.38 bits per heavy atom. The van der Waals surface area contributed by atoms with E-state index in [1.54, 1.807) is 6.07 Å². The topological polar surface area (TPSA) is 20.3 Å². The third kappa shape index (κ3) is 1.75. The molecule has 0 atom stereocenters. The molecule has 1 heterocycles. The van der Waals surface area contributed by atoms with E-state index in [4.69, 9.17) is 11.6 Å². The Morgan fingerprint density at radius 2 is 2.06 bits per heavy atom. The summed E-state index contributed by atoms with van der Waals surface area (Å²) in [5.41, 5.74) is 0.858. The van der Waals surface area contributed by atoms with Gasteiger partial charge in [-0.05, 0) is 24.1 Å². The van der Waals surface area contributed by atoms with Gasteiger partial charge in [0.25, 0.3) is 0 Å². The van der Waals surface area contributed by atoms with Crippen LogP contribution in [0.15, 0.2) is 18.2 Å². The number of fused-ring (bicyclic) bond motifs is 1. The first-order valence-corrected chi connectivity index (χ1v) is 4.95. The van der Waals surface area contributed by atoms with Crippen LogP contribution in [0, 0.1) is 0 Å². The Labute approximate surface area is 94.6 Å². The predicted octanol–water partition coefficient (Wildman–Crippen LogP) is 2.79. The van der Waals surface area contributed by atoms with Crippen molar-refractivity contribution in [2.45, 2.75) is 12.6 Å². The van der Waals surface area contributed by atoms with Gasteiger partial charge in [-0.3, -0.25) is 4.79 Å². The van der Waals surface area contributed by atoms with Crippen LogP contribution < -0.4 is 4.90 Å². The van der Waals surface area contributed by atoms with Crippen LogP contribution in [0.2, 0.25) is 5.02 Å². The van der Waals surface area contributed by atoms with Gasteiger partial charge >= 0.3 is 12.1 Å². The zero-order chi connectivity index (χ0) is 11.9. The molecule has 0 aromatic heterocycles. The van der Waals surface area contributed by atoms with E-state index in [1.165, 1.54) is 12.1 Å². The summed E-state index contributed by atoms with van der Waals surface area (Å²) in [5, 5.41) is 0.398. The van der Waals surface area contributed by atoms with Gasteiger partial charge < -0.3 is 4.90 Å². The molecule has 0 aliphatic carbocycles. The number of carbonyl (C=O) groups excluding carboxylic acids is 1. The molecular formula is C10H7ClF3NO. The maximum Gasteiger partial charge on any atom is 0.471 e. The summed E-state index contributed by atoms with van der Waals surface area (Å²) in [4.78, 5) is 11.8. The fourth-order valence-corrected chi connectivity index (χ4v) is 2.02. The molecule has 1 amide bonds. The van der Waals surface area contributed by atoms with Crippen molar-refractivity contribution in [1.29, 1.82) is 0 Å². The van der Waals surface area contributed by atoms with E-state index in [1.807, 2.05) is 0 Å². The minimum Gasteiger partial charge on any atom is -0.304 e. The van der Waals surface area contributed by atoms with Gasteiger partial charge in [0, 0.05) is 17.3 Å². The first kappa shape index (κ1) is 11.3. The van der Waals surface area contributed by atoms with Crippen LogP contribution in [0.3, 0.4) is 0 Å². The van der Waals surface area contributed by atoms with Crippen molar-refractivity contribution in [3.05, 3.63) is 28.8 Å². The van der Waals surface area contributed by atoms with Crippen LogP contribution in [-0.2, 0) is 11.2 Å². The van der Waals surface area contributed by atoms with Crippen molar-refractivity contribution < 1.29 is 18.0 Å². The van der Waals surface area contributed by atoms with Gasteiger partial charge in [0.05, 0.1) is 0 Å². The molecule has 0 saturated heterocycles. The Kier molecular flexibility index (Phi) is 2.58. The number of halogens is 4. The minimum atomic E-state index is -4.84. The zero-order valence-electron chi connectivity index (χ0n) is 8.01. The minimum absolute atomic E-state index is 0.0252. The van der Waals surface area contributed by atoms with Crippen LogP contribution in [0.1, 0.15) is 5.56 Å². The third-order valence-corrected chi connectivity index (χ3v) is 2.81. The molecule has 2 rings (SSSR count). The molecule has 0 spiro atoms. The van der Waals surface area contributed by atoms with Crippen molar-refractivity contribution in [2.24, 2.45) is 0 Å². The normalized spacial score (nSPS) is 15.1. The highest BCUT2D eigenvalue weighted by Gasteiger charge is 2.44. The molecule has 6 heteroatoms. The number of alkyl halides is 3. The predicted molar refractivity (Wildman–Crippen MR) is 53.6 cm³/mol. The molecule has 0 fully saturated rings. The maximum atomic E-state index is 12.3. The van der Waals surface area contributed by atoms with Crippen molar-refractivity contribution in [2.75, 3.05) is 11.4 Å². The molecule has 1 aromatic rings. The molecule has 0 radical (unpaired) electrons. The SMILES string of the molecule is O=C(N1CCc2c(Cl)cccc21)C(F)(F)F. The zero-order valence-corrected chi connectivity index (χ0v) is 8.77. The molecule has 1 aliphatic rings. The molecule has 1 aromatic carbocycles. The number of hydrogen-bond donors (Lipinski definition) is 0. The number of anilines is 1. The summed E-state index contributed by atoms with van der Waals surface area (Å²) >= 11 is 5.83. The van der Waals surface area contributed by atoms with Crippen LogP contribution in [0.25, 0.3) is 0 Å². The quantitative estimate of drug-likeness (QED) is 0.692. The molecule has 86 valence electrons.